The summed E-state index contributed by atoms with van der Waals surface area (Å²) >= 11 is 1.66. The Morgan fingerprint density at radius 1 is 1.11 bits per heavy atom. The van der Waals surface area contributed by atoms with Gasteiger partial charge in [0.25, 0.3) is 0 Å². The maximum atomic E-state index is 4.54. The van der Waals surface area contributed by atoms with E-state index in [1.165, 1.54) is 0 Å². The number of nitrogens with one attached hydrogen (secondary N) is 1. The second kappa shape index (κ2) is 5.77. The summed E-state index contributed by atoms with van der Waals surface area (Å²) in [6.45, 7) is 1.54. The predicted molar refractivity (Wildman–Crippen MR) is 76.2 cm³/mol. The molecule has 0 unspecified atom stereocenters. The van der Waals surface area contributed by atoms with Crippen molar-refractivity contribution in [2.75, 3.05) is 0 Å². The van der Waals surface area contributed by atoms with Crippen LogP contribution in [0.3, 0.4) is 0 Å². The Bertz CT molecular complexity index is 616. The van der Waals surface area contributed by atoms with Crippen LogP contribution in [0.25, 0.3) is 5.69 Å². The fraction of sp³-hybridized carbons (Fsp3) is 0.143. The topological polar surface area (TPSA) is 42.7 Å². The van der Waals surface area contributed by atoms with Gasteiger partial charge < -0.3 is 5.32 Å². The highest BCUT2D eigenvalue weighted by Gasteiger charge is 2.01. The monoisotopic (exact) mass is 270 g/mol. The van der Waals surface area contributed by atoms with Crippen LogP contribution in [-0.2, 0) is 13.1 Å². The standard InChI is InChI=1S/C14H14N4S/c1-2-4-13(5-3-1)18-8-6-12(17-18)10-15-11-14-16-7-9-19-14/h1-9,15H,10-11H2. The van der Waals surface area contributed by atoms with Gasteiger partial charge in [0.15, 0.2) is 0 Å². The van der Waals surface area contributed by atoms with E-state index in [4.69, 9.17) is 0 Å². The van der Waals surface area contributed by atoms with Crippen molar-refractivity contribution in [1.82, 2.24) is 20.1 Å². The first-order chi connectivity index (χ1) is 9.42. The van der Waals surface area contributed by atoms with Crippen molar-refractivity contribution in [2.24, 2.45) is 0 Å². The van der Waals surface area contributed by atoms with Gasteiger partial charge in [0.05, 0.1) is 11.4 Å². The molecule has 0 amide bonds. The lowest BCUT2D eigenvalue weighted by molar-refractivity contribution is 0.667. The first kappa shape index (κ1) is 12.1. The molecule has 0 aliphatic carbocycles. The van der Waals surface area contributed by atoms with Crippen LogP contribution >= 0.6 is 11.3 Å². The van der Waals surface area contributed by atoms with E-state index >= 15 is 0 Å². The molecule has 0 saturated carbocycles. The number of hydrogen-bond acceptors (Lipinski definition) is 4. The van der Waals surface area contributed by atoms with Crippen LogP contribution in [0.2, 0.25) is 0 Å². The molecule has 19 heavy (non-hydrogen) atoms. The highest BCUT2D eigenvalue weighted by atomic mass is 32.1. The van der Waals surface area contributed by atoms with E-state index in [2.05, 4.69) is 15.4 Å². The summed E-state index contributed by atoms with van der Waals surface area (Å²) in [5, 5.41) is 11.0. The van der Waals surface area contributed by atoms with Gasteiger partial charge in [-0.3, -0.25) is 0 Å². The third-order valence-corrected chi connectivity index (χ3v) is 3.51. The number of aromatic nitrogens is 3. The number of benzene rings is 1. The van der Waals surface area contributed by atoms with Crippen molar-refractivity contribution in [2.45, 2.75) is 13.1 Å². The Morgan fingerprint density at radius 3 is 2.79 bits per heavy atom. The summed E-state index contributed by atoms with van der Waals surface area (Å²) in [6.07, 6.45) is 3.81. The molecule has 2 heterocycles. The summed E-state index contributed by atoms with van der Waals surface area (Å²) in [4.78, 5) is 4.23. The number of thiazole rings is 1. The van der Waals surface area contributed by atoms with Crippen molar-refractivity contribution in [3.63, 3.8) is 0 Å². The molecule has 96 valence electrons. The Hall–Kier alpha value is -1.98. The largest absolute Gasteiger partial charge is 0.305 e. The van der Waals surface area contributed by atoms with Crippen molar-refractivity contribution in [1.29, 1.82) is 0 Å². The lowest BCUT2D eigenvalue weighted by Crippen LogP contribution is -2.13. The summed E-state index contributed by atoms with van der Waals surface area (Å²) in [6, 6.07) is 12.1. The Balaban J connectivity index is 1.59. The molecule has 0 aliphatic rings. The van der Waals surface area contributed by atoms with Crippen LogP contribution in [0.5, 0.6) is 0 Å². The van der Waals surface area contributed by atoms with E-state index in [0.29, 0.717) is 0 Å². The molecule has 0 radical (unpaired) electrons. The van der Waals surface area contributed by atoms with Crippen LogP contribution in [0.1, 0.15) is 10.7 Å². The predicted octanol–water partition coefficient (Wildman–Crippen LogP) is 2.62. The highest BCUT2D eigenvalue weighted by molar-refractivity contribution is 7.09. The summed E-state index contributed by atoms with van der Waals surface area (Å²) in [5.41, 5.74) is 2.11. The first-order valence-electron chi connectivity index (χ1n) is 6.11. The van der Waals surface area contributed by atoms with E-state index < -0.39 is 0 Å². The van der Waals surface area contributed by atoms with Gasteiger partial charge in [-0.25, -0.2) is 9.67 Å². The second-order valence-corrected chi connectivity index (χ2v) is 5.10. The molecule has 4 nitrogen and oxygen atoms in total. The molecular formula is C14H14N4S. The Morgan fingerprint density at radius 2 is 2.00 bits per heavy atom. The molecule has 0 aliphatic heterocycles. The summed E-state index contributed by atoms with van der Waals surface area (Å²) in [7, 11) is 0. The Labute approximate surface area is 115 Å². The molecular weight excluding hydrogens is 256 g/mol. The lowest BCUT2D eigenvalue weighted by Gasteiger charge is -2.01. The number of hydrogen-bond donors (Lipinski definition) is 1. The zero-order chi connectivity index (χ0) is 12.9. The van der Waals surface area contributed by atoms with E-state index in [-0.39, 0.29) is 0 Å². The van der Waals surface area contributed by atoms with Crippen molar-refractivity contribution >= 4 is 11.3 Å². The summed E-state index contributed by atoms with van der Waals surface area (Å²) < 4.78 is 1.89. The maximum absolute atomic E-state index is 4.54. The Kier molecular flexibility index (Phi) is 3.67. The molecule has 0 fully saturated rings. The molecule has 0 spiro atoms. The zero-order valence-corrected chi connectivity index (χ0v) is 11.2. The van der Waals surface area contributed by atoms with Gasteiger partial charge in [-0.1, -0.05) is 18.2 Å². The quantitative estimate of drug-likeness (QED) is 0.775. The smallest absolute Gasteiger partial charge is 0.106 e. The van der Waals surface area contributed by atoms with Crippen LogP contribution in [0.4, 0.5) is 0 Å². The highest BCUT2D eigenvalue weighted by Crippen LogP contribution is 2.07. The van der Waals surface area contributed by atoms with E-state index in [1.54, 1.807) is 11.3 Å². The van der Waals surface area contributed by atoms with E-state index in [0.717, 1.165) is 29.5 Å². The van der Waals surface area contributed by atoms with Gasteiger partial charge in [0, 0.05) is 30.9 Å². The summed E-state index contributed by atoms with van der Waals surface area (Å²) in [5.74, 6) is 0. The number of para-hydroxylation sites is 1. The van der Waals surface area contributed by atoms with Gasteiger partial charge in [-0.05, 0) is 18.2 Å². The molecule has 3 aromatic rings. The fourth-order valence-corrected chi connectivity index (χ4v) is 2.40. The first-order valence-corrected chi connectivity index (χ1v) is 6.99. The molecule has 1 aromatic carbocycles. The molecule has 1 N–H and O–H groups in total. The third-order valence-electron chi connectivity index (χ3n) is 2.73. The fourth-order valence-electron chi connectivity index (χ4n) is 1.82. The van der Waals surface area contributed by atoms with Crippen LogP contribution in [0, 0.1) is 0 Å². The SMILES string of the molecule is c1ccc(-n2ccc(CNCc3nccs3)n2)cc1. The normalized spacial score (nSPS) is 10.7. The number of nitrogens with zero attached hydrogens (tertiary/aromatic N) is 3. The van der Waals surface area contributed by atoms with E-state index in [1.807, 2.05) is 58.9 Å². The minimum atomic E-state index is 0.749. The average molecular weight is 270 g/mol. The van der Waals surface area contributed by atoms with Crippen LogP contribution in [0.15, 0.2) is 54.2 Å². The molecule has 3 rings (SSSR count). The van der Waals surface area contributed by atoms with Crippen LogP contribution in [-0.4, -0.2) is 14.8 Å². The van der Waals surface area contributed by atoms with Gasteiger partial charge in [-0.2, -0.15) is 5.10 Å². The lowest BCUT2D eigenvalue weighted by atomic mass is 10.3. The molecule has 0 bridgehead atoms. The molecule has 5 heteroatoms. The minimum absolute atomic E-state index is 0.749. The van der Waals surface area contributed by atoms with Crippen molar-refractivity contribution in [3.05, 3.63) is 64.9 Å². The van der Waals surface area contributed by atoms with Gasteiger partial charge in [-0.15, -0.1) is 11.3 Å². The minimum Gasteiger partial charge on any atom is -0.305 e. The van der Waals surface area contributed by atoms with Crippen molar-refractivity contribution in [3.8, 4) is 5.69 Å². The van der Waals surface area contributed by atoms with Gasteiger partial charge in [0.2, 0.25) is 0 Å². The average Bonchev–Trinajstić information content (AvgIpc) is 3.11. The molecule has 0 saturated heterocycles. The second-order valence-electron chi connectivity index (χ2n) is 4.12. The van der Waals surface area contributed by atoms with Crippen molar-refractivity contribution < 1.29 is 0 Å². The third kappa shape index (κ3) is 3.07. The maximum Gasteiger partial charge on any atom is 0.106 e. The molecule has 0 atom stereocenters. The van der Waals surface area contributed by atoms with Gasteiger partial charge in [0.1, 0.15) is 5.01 Å². The van der Waals surface area contributed by atoms with Crippen LogP contribution < -0.4 is 5.32 Å². The zero-order valence-electron chi connectivity index (χ0n) is 10.4. The molecule has 2 aromatic heterocycles. The van der Waals surface area contributed by atoms with Gasteiger partial charge >= 0.3 is 0 Å². The number of rotatable bonds is 5. The van der Waals surface area contributed by atoms with E-state index in [9.17, 15) is 0 Å².